The second-order valence-corrected chi connectivity index (χ2v) is 11.9. The summed E-state index contributed by atoms with van der Waals surface area (Å²) in [5.41, 5.74) is 5.70. The molecule has 38 heavy (non-hydrogen) atoms. The number of aliphatic hydroxyl groups is 1. The maximum Gasteiger partial charge on any atom is 0.335 e. The van der Waals surface area contributed by atoms with Crippen molar-refractivity contribution in [1.29, 1.82) is 0 Å². The fourth-order valence-corrected chi connectivity index (χ4v) is 5.71. The van der Waals surface area contributed by atoms with E-state index in [1.54, 1.807) is 30.3 Å². The summed E-state index contributed by atoms with van der Waals surface area (Å²) < 4.78 is 0. The first-order valence-corrected chi connectivity index (χ1v) is 13.4. The van der Waals surface area contributed by atoms with Crippen molar-refractivity contribution in [3.8, 4) is 0 Å². The largest absolute Gasteiger partial charge is 0.481 e. The molecular formula is C31H40N2O5. The third kappa shape index (κ3) is 6.11. The number of fused-ring (bicyclic) bond motifs is 1. The minimum absolute atomic E-state index is 0.00579. The zero-order valence-electron chi connectivity index (χ0n) is 22.9. The first kappa shape index (κ1) is 27.9. The Morgan fingerprint density at radius 2 is 1.58 bits per heavy atom. The lowest BCUT2D eigenvalue weighted by Crippen LogP contribution is -2.48. The molecule has 2 aliphatic rings. The highest BCUT2D eigenvalue weighted by Crippen LogP contribution is 2.50. The van der Waals surface area contributed by atoms with E-state index in [4.69, 9.17) is 10.2 Å². The molecule has 1 aliphatic heterocycles. The van der Waals surface area contributed by atoms with Gasteiger partial charge in [0.2, 0.25) is 0 Å². The van der Waals surface area contributed by atoms with Gasteiger partial charge in [0.1, 0.15) is 0 Å². The number of aliphatic carboxylic acids is 1. The van der Waals surface area contributed by atoms with E-state index < -0.39 is 18.0 Å². The minimum atomic E-state index is -0.963. The number of benzene rings is 2. The van der Waals surface area contributed by atoms with Gasteiger partial charge >= 0.3 is 11.9 Å². The number of carboxylic acids is 2. The number of anilines is 1. The lowest BCUT2D eigenvalue weighted by Gasteiger charge is -2.46. The number of carboxylic acid groups (broad SMARTS) is 2. The van der Waals surface area contributed by atoms with Crippen molar-refractivity contribution in [1.82, 2.24) is 4.90 Å². The maximum atomic E-state index is 11.3. The predicted octanol–water partition coefficient (Wildman–Crippen LogP) is 5.08. The van der Waals surface area contributed by atoms with Crippen LogP contribution >= 0.6 is 0 Å². The standard InChI is InChI=1S/C31H40N2O5/c1-30(2)12-13-31(3,4)28-24(30)19-23(26(34)10-7-21-5-8-22(9-6-21)29(37)38)20-25(28)33-17-15-32(16-18-33)14-11-27(35)36/h5-10,19-20,26,34H,11-18H2,1-4H3,(H,35,36)(H,37,38)/b10-7+. The van der Waals surface area contributed by atoms with Gasteiger partial charge in [-0.05, 0) is 64.1 Å². The van der Waals surface area contributed by atoms with Crippen molar-refractivity contribution >= 4 is 23.7 Å². The lowest BCUT2D eigenvalue weighted by molar-refractivity contribution is -0.137. The van der Waals surface area contributed by atoms with E-state index in [1.807, 2.05) is 6.08 Å². The Labute approximate surface area is 225 Å². The smallest absolute Gasteiger partial charge is 0.335 e. The van der Waals surface area contributed by atoms with Crippen LogP contribution in [-0.4, -0.2) is 64.9 Å². The Morgan fingerprint density at radius 1 is 0.947 bits per heavy atom. The van der Waals surface area contributed by atoms with Gasteiger partial charge in [-0.2, -0.15) is 0 Å². The van der Waals surface area contributed by atoms with Gasteiger partial charge in [0, 0.05) is 38.4 Å². The van der Waals surface area contributed by atoms with Gasteiger partial charge in [-0.15, -0.1) is 0 Å². The number of aliphatic hydroxyl groups excluding tert-OH is 1. The van der Waals surface area contributed by atoms with E-state index in [0.717, 1.165) is 50.1 Å². The molecule has 1 aliphatic carbocycles. The summed E-state index contributed by atoms with van der Waals surface area (Å²) in [5, 5.41) is 29.4. The molecule has 1 fully saturated rings. The molecule has 0 aromatic heterocycles. The number of rotatable bonds is 8. The second kappa shape index (κ2) is 10.9. The normalized spacial score (nSPS) is 19.8. The number of hydrogen-bond donors (Lipinski definition) is 3. The molecule has 4 rings (SSSR count). The molecule has 2 aromatic carbocycles. The molecule has 0 spiro atoms. The molecule has 2 aromatic rings. The number of piperazine rings is 1. The zero-order valence-corrected chi connectivity index (χ0v) is 22.9. The van der Waals surface area contributed by atoms with Crippen LogP contribution in [0.1, 0.15) is 85.7 Å². The van der Waals surface area contributed by atoms with E-state index in [0.29, 0.717) is 6.54 Å². The topological polar surface area (TPSA) is 101 Å². The molecular weight excluding hydrogens is 480 g/mol. The Kier molecular flexibility index (Phi) is 8.00. The van der Waals surface area contributed by atoms with Gasteiger partial charge in [-0.25, -0.2) is 4.79 Å². The van der Waals surface area contributed by atoms with E-state index in [9.17, 15) is 14.7 Å². The Morgan fingerprint density at radius 3 is 2.18 bits per heavy atom. The summed E-state index contributed by atoms with van der Waals surface area (Å²) in [6, 6.07) is 10.9. The SMILES string of the molecule is CC1(C)CCC(C)(C)c2c(N3CCN(CCC(=O)O)CC3)cc(C(O)/C=C/c3ccc(C(=O)O)cc3)cc21. The molecule has 0 radical (unpaired) electrons. The third-order valence-electron chi connectivity index (χ3n) is 8.25. The van der Waals surface area contributed by atoms with Crippen LogP contribution in [0.15, 0.2) is 42.5 Å². The van der Waals surface area contributed by atoms with Crippen LogP contribution in [0.2, 0.25) is 0 Å². The molecule has 7 nitrogen and oxygen atoms in total. The van der Waals surface area contributed by atoms with E-state index >= 15 is 0 Å². The number of hydrogen-bond acceptors (Lipinski definition) is 5. The zero-order chi connectivity index (χ0) is 27.7. The van der Waals surface area contributed by atoms with Gasteiger partial charge in [0.15, 0.2) is 0 Å². The Hall–Kier alpha value is -3.16. The van der Waals surface area contributed by atoms with Crippen molar-refractivity contribution in [2.45, 2.75) is 63.9 Å². The van der Waals surface area contributed by atoms with Crippen molar-refractivity contribution in [3.63, 3.8) is 0 Å². The molecule has 1 atom stereocenters. The summed E-state index contributed by atoms with van der Waals surface area (Å²) in [4.78, 5) is 26.8. The highest BCUT2D eigenvalue weighted by Gasteiger charge is 2.40. The molecule has 0 amide bonds. The van der Waals surface area contributed by atoms with Gasteiger partial charge in [-0.3, -0.25) is 9.69 Å². The van der Waals surface area contributed by atoms with Crippen LogP contribution in [0.3, 0.4) is 0 Å². The lowest BCUT2D eigenvalue weighted by atomic mass is 9.62. The van der Waals surface area contributed by atoms with E-state index in [-0.39, 0.29) is 22.8 Å². The third-order valence-corrected chi connectivity index (χ3v) is 8.25. The molecule has 0 saturated carbocycles. The Balaban J connectivity index is 1.66. The summed E-state index contributed by atoms with van der Waals surface area (Å²) in [6.45, 7) is 13.0. The van der Waals surface area contributed by atoms with Crippen LogP contribution in [0.5, 0.6) is 0 Å². The van der Waals surface area contributed by atoms with E-state index in [1.165, 1.54) is 16.8 Å². The first-order chi connectivity index (χ1) is 17.9. The Bertz CT molecular complexity index is 1210. The quantitative estimate of drug-likeness (QED) is 0.446. The van der Waals surface area contributed by atoms with Crippen molar-refractivity contribution in [2.75, 3.05) is 37.6 Å². The van der Waals surface area contributed by atoms with Crippen LogP contribution in [0, 0.1) is 0 Å². The molecule has 204 valence electrons. The average molecular weight is 521 g/mol. The summed E-state index contributed by atoms with van der Waals surface area (Å²) in [7, 11) is 0. The molecule has 1 saturated heterocycles. The van der Waals surface area contributed by atoms with Crippen LogP contribution in [0.25, 0.3) is 6.08 Å². The van der Waals surface area contributed by atoms with Gasteiger partial charge in [0.05, 0.1) is 18.1 Å². The summed E-state index contributed by atoms with van der Waals surface area (Å²) in [5.74, 6) is -1.73. The van der Waals surface area contributed by atoms with Crippen molar-refractivity contribution in [2.24, 2.45) is 0 Å². The molecule has 3 N–H and O–H groups in total. The maximum absolute atomic E-state index is 11.3. The van der Waals surface area contributed by atoms with Gasteiger partial charge < -0.3 is 20.2 Å². The number of nitrogens with zero attached hydrogens (tertiary/aromatic N) is 2. The number of aromatic carboxylic acids is 1. The van der Waals surface area contributed by atoms with Crippen molar-refractivity contribution in [3.05, 3.63) is 70.3 Å². The molecule has 7 heteroatoms. The first-order valence-electron chi connectivity index (χ1n) is 13.4. The highest BCUT2D eigenvalue weighted by atomic mass is 16.4. The highest BCUT2D eigenvalue weighted by molar-refractivity contribution is 5.87. The van der Waals surface area contributed by atoms with Crippen molar-refractivity contribution < 1.29 is 24.9 Å². The van der Waals surface area contributed by atoms with E-state index in [2.05, 4.69) is 49.6 Å². The summed E-state index contributed by atoms with van der Waals surface area (Å²) >= 11 is 0. The monoisotopic (exact) mass is 520 g/mol. The fourth-order valence-electron chi connectivity index (χ4n) is 5.71. The van der Waals surface area contributed by atoms with Gasteiger partial charge in [-0.1, -0.05) is 58.0 Å². The van der Waals surface area contributed by atoms with Crippen LogP contribution in [0.4, 0.5) is 5.69 Å². The second-order valence-electron chi connectivity index (χ2n) is 11.9. The average Bonchev–Trinajstić information content (AvgIpc) is 2.88. The molecule has 1 heterocycles. The summed E-state index contributed by atoms with van der Waals surface area (Å²) in [6.07, 6.45) is 5.09. The number of carbonyl (C=O) groups is 2. The minimum Gasteiger partial charge on any atom is -0.481 e. The molecule has 0 bridgehead atoms. The van der Waals surface area contributed by atoms with Gasteiger partial charge in [0.25, 0.3) is 0 Å². The molecule has 1 unspecified atom stereocenters. The van der Waals surface area contributed by atoms with Crippen LogP contribution in [-0.2, 0) is 15.6 Å². The predicted molar refractivity (Wildman–Crippen MR) is 150 cm³/mol. The van der Waals surface area contributed by atoms with Crippen LogP contribution < -0.4 is 4.90 Å². The fraction of sp³-hybridized carbons (Fsp3) is 0.484.